The lowest BCUT2D eigenvalue weighted by molar-refractivity contribution is 0.194. The molecule has 25 heavy (non-hydrogen) atoms. The van der Waals surface area contributed by atoms with Gasteiger partial charge in [0, 0.05) is 29.7 Å². The van der Waals surface area contributed by atoms with Gasteiger partial charge in [-0.3, -0.25) is 0 Å². The molecule has 0 unspecified atom stereocenters. The molecule has 0 saturated heterocycles. The summed E-state index contributed by atoms with van der Waals surface area (Å²) in [4.78, 5) is 13.7. The third-order valence-corrected chi connectivity index (χ3v) is 4.54. The van der Waals surface area contributed by atoms with Crippen LogP contribution in [0.15, 0.2) is 12.3 Å². The van der Waals surface area contributed by atoms with Crippen molar-refractivity contribution in [3.8, 4) is 0 Å². The first-order chi connectivity index (χ1) is 11.9. The van der Waals surface area contributed by atoms with Crippen LogP contribution in [0.1, 0.15) is 58.3 Å². The van der Waals surface area contributed by atoms with Gasteiger partial charge in [-0.15, -0.1) is 0 Å². The van der Waals surface area contributed by atoms with Crippen molar-refractivity contribution < 1.29 is 5.11 Å². The number of aromatic nitrogens is 3. The maximum atomic E-state index is 9.88. The SMILES string of the molecule is CC(C)Nc1nc([C@@H](C)O)cc2cnc(NC3CCC(N)CC3)nc12. The lowest BCUT2D eigenvalue weighted by Gasteiger charge is -2.26. The van der Waals surface area contributed by atoms with Gasteiger partial charge in [0.15, 0.2) is 5.82 Å². The number of nitrogens with zero attached hydrogens (tertiary/aromatic N) is 3. The molecule has 2 aromatic rings. The zero-order valence-electron chi connectivity index (χ0n) is 15.2. The van der Waals surface area contributed by atoms with Crippen molar-refractivity contribution in [2.75, 3.05) is 10.6 Å². The molecule has 0 aliphatic heterocycles. The standard InChI is InChI=1S/C18H28N6O/c1-10(2)21-17-16-12(8-15(23-17)11(3)25)9-20-18(24-16)22-14-6-4-13(19)5-7-14/h8-11,13-14,25H,4-7,19H2,1-3H3,(H,21,23)(H,20,22,24)/t11-,13?,14?/m1/s1. The van der Waals surface area contributed by atoms with Crippen molar-refractivity contribution in [2.45, 2.75) is 70.7 Å². The minimum Gasteiger partial charge on any atom is -0.387 e. The number of hydrogen-bond donors (Lipinski definition) is 4. The minimum atomic E-state index is -0.638. The number of aliphatic hydroxyl groups excluding tert-OH is 1. The van der Waals surface area contributed by atoms with Crippen LogP contribution < -0.4 is 16.4 Å². The highest BCUT2D eigenvalue weighted by Crippen LogP contribution is 2.26. The van der Waals surface area contributed by atoms with Crippen molar-refractivity contribution in [1.29, 1.82) is 0 Å². The highest BCUT2D eigenvalue weighted by atomic mass is 16.3. The molecule has 0 aromatic carbocycles. The van der Waals surface area contributed by atoms with E-state index in [1.807, 2.05) is 19.9 Å². The quantitative estimate of drug-likeness (QED) is 0.660. The first-order valence-corrected chi connectivity index (χ1v) is 9.06. The molecule has 5 N–H and O–H groups in total. The first kappa shape index (κ1) is 17.8. The molecule has 3 rings (SSSR count). The summed E-state index contributed by atoms with van der Waals surface area (Å²) in [7, 11) is 0. The van der Waals surface area contributed by atoms with Gasteiger partial charge in [-0.1, -0.05) is 0 Å². The van der Waals surface area contributed by atoms with Crippen LogP contribution in [-0.2, 0) is 0 Å². The fourth-order valence-electron chi connectivity index (χ4n) is 3.16. The van der Waals surface area contributed by atoms with Gasteiger partial charge >= 0.3 is 0 Å². The van der Waals surface area contributed by atoms with Crippen LogP contribution in [0.25, 0.3) is 10.9 Å². The Hall–Kier alpha value is -1.99. The Morgan fingerprint density at radius 2 is 1.88 bits per heavy atom. The van der Waals surface area contributed by atoms with Gasteiger partial charge in [-0.25, -0.2) is 15.0 Å². The van der Waals surface area contributed by atoms with Crippen molar-refractivity contribution in [1.82, 2.24) is 15.0 Å². The summed E-state index contributed by atoms with van der Waals surface area (Å²) < 4.78 is 0. The summed E-state index contributed by atoms with van der Waals surface area (Å²) in [5, 5.41) is 17.5. The van der Waals surface area contributed by atoms with Gasteiger partial charge in [0.25, 0.3) is 0 Å². The zero-order chi connectivity index (χ0) is 18.0. The number of hydrogen-bond acceptors (Lipinski definition) is 7. The van der Waals surface area contributed by atoms with Gasteiger partial charge in [0.05, 0.1) is 11.8 Å². The van der Waals surface area contributed by atoms with Crippen LogP contribution in [0.2, 0.25) is 0 Å². The van der Waals surface area contributed by atoms with E-state index in [1.165, 1.54) is 0 Å². The molecule has 0 spiro atoms. The molecule has 1 fully saturated rings. The summed E-state index contributed by atoms with van der Waals surface area (Å²) in [6, 6.07) is 2.74. The zero-order valence-corrected chi connectivity index (χ0v) is 15.2. The van der Waals surface area contributed by atoms with Crippen LogP contribution in [0.5, 0.6) is 0 Å². The fraction of sp³-hybridized carbons (Fsp3) is 0.611. The monoisotopic (exact) mass is 344 g/mol. The lowest BCUT2D eigenvalue weighted by Crippen LogP contribution is -2.33. The van der Waals surface area contributed by atoms with Crippen LogP contribution in [0.3, 0.4) is 0 Å². The Morgan fingerprint density at radius 3 is 2.52 bits per heavy atom. The number of nitrogens with one attached hydrogen (secondary N) is 2. The number of aliphatic hydroxyl groups is 1. The van der Waals surface area contributed by atoms with Crippen LogP contribution >= 0.6 is 0 Å². The van der Waals surface area contributed by atoms with Crippen molar-refractivity contribution >= 4 is 22.7 Å². The first-order valence-electron chi connectivity index (χ1n) is 9.06. The third-order valence-electron chi connectivity index (χ3n) is 4.54. The number of pyridine rings is 1. The second kappa shape index (κ2) is 7.49. The van der Waals surface area contributed by atoms with E-state index in [4.69, 9.17) is 5.73 Å². The average molecular weight is 344 g/mol. The second-order valence-electron chi connectivity index (χ2n) is 7.26. The van der Waals surface area contributed by atoms with Crippen LogP contribution in [0, 0.1) is 0 Å². The predicted molar refractivity (Wildman–Crippen MR) is 101 cm³/mol. The number of fused-ring (bicyclic) bond motifs is 1. The van der Waals surface area contributed by atoms with E-state index in [0.717, 1.165) is 36.6 Å². The van der Waals surface area contributed by atoms with Gasteiger partial charge in [-0.05, 0) is 52.5 Å². The van der Waals surface area contributed by atoms with E-state index in [-0.39, 0.29) is 6.04 Å². The summed E-state index contributed by atoms with van der Waals surface area (Å²) >= 11 is 0. The Bertz CT molecular complexity index is 725. The summed E-state index contributed by atoms with van der Waals surface area (Å²) in [6.07, 6.45) is 5.30. The van der Waals surface area contributed by atoms with Crippen molar-refractivity contribution in [3.05, 3.63) is 18.0 Å². The predicted octanol–water partition coefficient (Wildman–Crippen LogP) is 2.58. The number of rotatable bonds is 5. The van der Waals surface area contributed by atoms with Crippen molar-refractivity contribution in [3.63, 3.8) is 0 Å². The maximum absolute atomic E-state index is 9.88. The highest BCUT2D eigenvalue weighted by Gasteiger charge is 2.19. The fourth-order valence-corrected chi connectivity index (χ4v) is 3.16. The van der Waals surface area contributed by atoms with E-state index in [0.29, 0.717) is 29.5 Å². The second-order valence-corrected chi connectivity index (χ2v) is 7.26. The minimum absolute atomic E-state index is 0.214. The topological polar surface area (TPSA) is 109 Å². The van der Waals surface area contributed by atoms with E-state index in [1.54, 1.807) is 13.1 Å². The molecular weight excluding hydrogens is 316 g/mol. The Morgan fingerprint density at radius 1 is 1.16 bits per heavy atom. The summed E-state index contributed by atoms with van der Waals surface area (Å²) in [5.74, 6) is 1.30. The third kappa shape index (κ3) is 4.35. The summed E-state index contributed by atoms with van der Waals surface area (Å²) in [6.45, 7) is 5.81. The molecule has 7 nitrogen and oxygen atoms in total. The van der Waals surface area contributed by atoms with E-state index < -0.39 is 6.10 Å². The lowest BCUT2D eigenvalue weighted by atomic mass is 9.92. The molecule has 0 radical (unpaired) electrons. The summed E-state index contributed by atoms with van der Waals surface area (Å²) in [5.41, 5.74) is 7.35. The van der Waals surface area contributed by atoms with Gasteiger partial charge in [-0.2, -0.15) is 0 Å². The van der Waals surface area contributed by atoms with E-state index in [2.05, 4.69) is 25.6 Å². The largest absolute Gasteiger partial charge is 0.387 e. The maximum Gasteiger partial charge on any atom is 0.223 e. The Labute approximate surface area is 148 Å². The molecule has 1 aliphatic carbocycles. The molecule has 0 amide bonds. The molecule has 7 heteroatoms. The molecule has 1 aliphatic rings. The average Bonchev–Trinajstić information content (AvgIpc) is 2.56. The van der Waals surface area contributed by atoms with Crippen LogP contribution in [0.4, 0.5) is 11.8 Å². The Balaban J connectivity index is 1.90. The van der Waals surface area contributed by atoms with Gasteiger partial charge in [0.2, 0.25) is 5.95 Å². The van der Waals surface area contributed by atoms with Crippen molar-refractivity contribution in [2.24, 2.45) is 5.73 Å². The highest BCUT2D eigenvalue weighted by molar-refractivity contribution is 5.89. The molecule has 2 aromatic heterocycles. The number of anilines is 2. The molecule has 2 heterocycles. The molecular formula is C18H28N6O. The van der Waals surface area contributed by atoms with Gasteiger partial charge in [0.1, 0.15) is 5.52 Å². The smallest absolute Gasteiger partial charge is 0.223 e. The Kier molecular flexibility index (Phi) is 5.34. The van der Waals surface area contributed by atoms with Gasteiger partial charge < -0.3 is 21.5 Å². The molecule has 1 atom stereocenters. The van der Waals surface area contributed by atoms with Crippen LogP contribution in [-0.4, -0.2) is 38.2 Å². The molecule has 136 valence electrons. The van der Waals surface area contributed by atoms with E-state index in [9.17, 15) is 5.11 Å². The normalized spacial score (nSPS) is 22.2. The molecule has 1 saturated carbocycles. The number of nitrogens with two attached hydrogens (primary N) is 1. The molecule has 0 bridgehead atoms. The van der Waals surface area contributed by atoms with E-state index >= 15 is 0 Å².